The number of halogens is 1. The second kappa shape index (κ2) is 5.75. The first-order valence-corrected chi connectivity index (χ1v) is 6.82. The molecule has 1 aromatic heterocycles. The number of aliphatic imine (C=N–C) groups is 2. The summed E-state index contributed by atoms with van der Waals surface area (Å²) in [6, 6.07) is 0. The van der Waals surface area contributed by atoms with Gasteiger partial charge in [-0.2, -0.15) is 5.10 Å². The summed E-state index contributed by atoms with van der Waals surface area (Å²) in [7, 11) is 0. The van der Waals surface area contributed by atoms with Crippen LogP contribution in [0.4, 0.5) is 0 Å². The fourth-order valence-electron chi connectivity index (χ4n) is 2.22. The first-order chi connectivity index (χ1) is 9.47. The maximum atomic E-state index is 12.0. The zero-order valence-electron chi connectivity index (χ0n) is 11.9. The van der Waals surface area contributed by atoms with Gasteiger partial charge in [0, 0.05) is 0 Å². The molecule has 1 aromatic rings. The second-order valence-electron chi connectivity index (χ2n) is 4.63. The lowest BCUT2D eigenvalue weighted by atomic mass is 10.1. The molecule has 20 heavy (non-hydrogen) atoms. The van der Waals surface area contributed by atoms with E-state index in [1.54, 1.807) is 18.5 Å². The number of ether oxygens (including phenoxy) is 1. The van der Waals surface area contributed by atoms with Crippen LogP contribution in [0.25, 0.3) is 0 Å². The standard InChI is InChI=1S/C13H17ClN4O2/c1-5-20-13(19)10-8(3)17-18(9(10)4)12-7(2)11(14)15-6-16-12/h6-7,12H,5H2,1-4H3. The highest BCUT2D eigenvalue weighted by Gasteiger charge is 2.29. The quantitative estimate of drug-likeness (QED) is 0.805. The van der Waals surface area contributed by atoms with Crippen LogP contribution in [-0.4, -0.2) is 33.9 Å². The van der Waals surface area contributed by atoms with Crippen molar-refractivity contribution in [2.75, 3.05) is 6.61 Å². The fraction of sp³-hybridized carbons (Fsp3) is 0.538. The van der Waals surface area contributed by atoms with Crippen molar-refractivity contribution in [1.29, 1.82) is 0 Å². The van der Waals surface area contributed by atoms with Gasteiger partial charge in [-0.15, -0.1) is 0 Å². The molecule has 2 heterocycles. The number of hydrogen-bond donors (Lipinski definition) is 0. The largest absolute Gasteiger partial charge is 0.462 e. The van der Waals surface area contributed by atoms with Crippen LogP contribution in [0.3, 0.4) is 0 Å². The van der Waals surface area contributed by atoms with Crippen molar-refractivity contribution in [2.45, 2.75) is 33.9 Å². The average molecular weight is 297 g/mol. The lowest BCUT2D eigenvalue weighted by molar-refractivity contribution is 0.0524. The molecule has 0 saturated heterocycles. The summed E-state index contributed by atoms with van der Waals surface area (Å²) in [6.45, 7) is 7.64. The van der Waals surface area contributed by atoms with Gasteiger partial charge >= 0.3 is 5.97 Å². The van der Waals surface area contributed by atoms with E-state index in [2.05, 4.69) is 15.1 Å². The number of esters is 1. The summed E-state index contributed by atoms with van der Waals surface area (Å²) in [6.07, 6.45) is 1.13. The van der Waals surface area contributed by atoms with Crippen molar-refractivity contribution in [1.82, 2.24) is 9.78 Å². The molecule has 0 bridgehead atoms. The molecule has 2 atom stereocenters. The lowest BCUT2D eigenvalue weighted by Crippen LogP contribution is -2.25. The van der Waals surface area contributed by atoms with E-state index in [9.17, 15) is 4.79 Å². The molecule has 6 nitrogen and oxygen atoms in total. The average Bonchev–Trinajstić information content (AvgIpc) is 2.68. The molecule has 0 radical (unpaired) electrons. The smallest absolute Gasteiger partial charge is 0.341 e. The van der Waals surface area contributed by atoms with Crippen molar-refractivity contribution >= 4 is 29.1 Å². The van der Waals surface area contributed by atoms with E-state index in [-0.39, 0.29) is 18.1 Å². The van der Waals surface area contributed by atoms with Gasteiger partial charge in [0.2, 0.25) is 0 Å². The van der Waals surface area contributed by atoms with Crippen LogP contribution in [0.5, 0.6) is 0 Å². The maximum absolute atomic E-state index is 12.0. The highest BCUT2D eigenvalue weighted by atomic mass is 35.5. The molecular formula is C13H17ClN4O2. The van der Waals surface area contributed by atoms with E-state index < -0.39 is 0 Å². The van der Waals surface area contributed by atoms with E-state index >= 15 is 0 Å². The predicted molar refractivity (Wildman–Crippen MR) is 77.6 cm³/mol. The summed E-state index contributed by atoms with van der Waals surface area (Å²) in [4.78, 5) is 20.2. The van der Waals surface area contributed by atoms with Gasteiger partial charge in [-0.25, -0.2) is 19.5 Å². The third-order valence-electron chi connectivity index (χ3n) is 3.28. The van der Waals surface area contributed by atoms with Crippen LogP contribution < -0.4 is 0 Å². The Bertz CT molecular complexity index is 591. The van der Waals surface area contributed by atoms with Crippen molar-refractivity contribution in [3.05, 3.63) is 17.0 Å². The molecule has 108 valence electrons. The predicted octanol–water partition coefficient (Wildman–Crippen LogP) is 2.49. The van der Waals surface area contributed by atoms with Crippen LogP contribution >= 0.6 is 11.6 Å². The van der Waals surface area contributed by atoms with Gasteiger partial charge in [0.25, 0.3) is 0 Å². The van der Waals surface area contributed by atoms with Gasteiger partial charge in [-0.3, -0.25) is 0 Å². The Hall–Kier alpha value is -1.69. The Kier molecular flexibility index (Phi) is 4.23. The normalized spacial score (nSPS) is 21.8. The fourth-order valence-corrected chi connectivity index (χ4v) is 2.38. The summed E-state index contributed by atoms with van der Waals surface area (Å²) < 4.78 is 6.77. The topological polar surface area (TPSA) is 68.8 Å². The third-order valence-corrected chi connectivity index (χ3v) is 3.72. The molecule has 0 aromatic carbocycles. The van der Waals surface area contributed by atoms with Crippen molar-refractivity contribution in [3.8, 4) is 0 Å². The molecule has 2 rings (SSSR count). The Morgan fingerprint density at radius 1 is 1.50 bits per heavy atom. The van der Waals surface area contributed by atoms with E-state index in [1.165, 1.54) is 6.34 Å². The van der Waals surface area contributed by atoms with Gasteiger partial charge in [0.05, 0.1) is 23.9 Å². The molecule has 0 fully saturated rings. The minimum Gasteiger partial charge on any atom is -0.462 e. The van der Waals surface area contributed by atoms with E-state index in [4.69, 9.17) is 16.3 Å². The molecule has 0 N–H and O–H groups in total. The van der Waals surface area contributed by atoms with Gasteiger partial charge in [0.1, 0.15) is 17.1 Å². The number of carbonyl (C=O) groups excluding carboxylic acids is 1. The third kappa shape index (κ3) is 2.47. The van der Waals surface area contributed by atoms with Gasteiger partial charge in [-0.1, -0.05) is 18.5 Å². The summed E-state index contributed by atoms with van der Waals surface area (Å²) >= 11 is 6.05. The van der Waals surface area contributed by atoms with Gasteiger partial charge in [-0.05, 0) is 20.8 Å². The van der Waals surface area contributed by atoms with E-state index in [0.29, 0.717) is 23.0 Å². The number of hydrogen-bond acceptors (Lipinski definition) is 5. The first kappa shape index (κ1) is 14.7. The molecule has 0 spiro atoms. The molecule has 0 amide bonds. The van der Waals surface area contributed by atoms with Crippen LogP contribution in [0.1, 0.15) is 41.8 Å². The number of aromatic nitrogens is 2. The number of aryl methyl sites for hydroxylation is 1. The van der Waals surface area contributed by atoms with E-state index in [1.807, 2.05) is 13.8 Å². The van der Waals surface area contributed by atoms with E-state index in [0.717, 1.165) is 5.69 Å². The summed E-state index contributed by atoms with van der Waals surface area (Å²) in [5.41, 5.74) is 1.84. The Morgan fingerprint density at radius 3 is 2.85 bits per heavy atom. The van der Waals surface area contributed by atoms with Gasteiger partial charge in [0.15, 0.2) is 6.17 Å². The lowest BCUT2D eigenvalue weighted by Gasteiger charge is -2.23. The molecule has 0 aliphatic carbocycles. The monoisotopic (exact) mass is 296 g/mol. The molecule has 1 aliphatic heterocycles. The minimum absolute atomic E-state index is 0.0882. The van der Waals surface area contributed by atoms with Crippen molar-refractivity contribution < 1.29 is 9.53 Å². The zero-order valence-corrected chi connectivity index (χ0v) is 12.7. The minimum atomic E-state index is -0.360. The molecule has 2 unspecified atom stereocenters. The number of nitrogens with zero attached hydrogens (tertiary/aromatic N) is 4. The van der Waals surface area contributed by atoms with Crippen LogP contribution in [0.15, 0.2) is 9.98 Å². The molecule has 7 heteroatoms. The second-order valence-corrected chi connectivity index (χ2v) is 5.02. The summed E-state index contributed by atoms with van der Waals surface area (Å²) in [5.74, 6) is -0.448. The Morgan fingerprint density at radius 2 is 2.20 bits per heavy atom. The molecular weight excluding hydrogens is 280 g/mol. The SMILES string of the molecule is CCOC(=O)c1c(C)nn(C2N=CN=C(Cl)C2C)c1C. The van der Waals surface area contributed by atoms with Crippen molar-refractivity contribution in [2.24, 2.45) is 15.9 Å². The Balaban J connectivity index is 2.40. The highest BCUT2D eigenvalue weighted by molar-refractivity contribution is 6.66. The number of carbonyl (C=O) groups is 1. The maximum Gasteiger partial charge on any atom is 0.341 e. The first-order valence-electron chi connectivity index (χ1n) is 6.45. The van der Waals surface area contributed by atoms with Gasteiger partial charge < -0.3 is 4.74 Å². The van der Waals surface area contributed by atoms with Crippen LogP contribution in [0, 0.1) is 19.8 Å². The van der Waals surface area contributed by atoms with Crippen molar-refractivity contribution in [3.63, 3.8) is 0 Å². The molecule has 0 saturated carbocycles. The summed E-state index contributed by atoms with van der Waals surface area (Å²) in [5, 5.41) is 4.89. The zero-order chi connectivity index (χ0) is 14.9. The highest BCUT2D eigenvalue weighted by Crippen LogP contribution is 2.28. The Labute approximate surface area is 122 Å². The van der Waals surface area contributed by atoms with Crippen LogP contribution in [0.2, 0.25) is 0 Å². The van der Waals surface area contributed by atoms with Crippen LogP contribution in [-0.2, 0) is 4.74 Å². The molecule has 1 aliphatic rings. The number of rotatable bonds is 3.